The van der Waals surface area contributed by atoms with E-state index in [1.807, 2.05) is 42.7 Å². The molecule has 0 heterocycles. The molecular weight excluding hydrogens is 1060 g/mol. The second-order valence-corrected chi connectivity index (χ2v) is 36.6. The summed E-state index contributed by atoms with van der Waals surface area (Å²) in [5.74, 6) is 0.367. The number of carbonyl (C=O) groups is 6. The molecule has 1 aliphatic rings. The third-order valence-corrected chi connectivity index (χ3v) is 18.5. The third kappa shape index (κ3) is 33.5. The number of thioether (sulfide) groups is 3. The third-order valence-electron chi connectivity index (χ3n) is 12.5. The molecule has 0 aromatic heterocycles. The summed E-state index contributed by atoms with van der Waals surface area (Å²) in [5.41, 5.74) is 4.46. The Morgan fingerprint density at radius 1 is 0.636 bits per heavy atom. The molecule has 2 aromatic carbocycles. The van der Waals surface area contributed by atoms with E-state index in [4.69, 9.17) is 18.9 Å². The molecule has 1 amide bonds. The van der Waals surface area contributed by atoms with Crippen molar-refractivity contribution in [3.63, 3.8) is 0 Å². The van der Waals surface area contributed by atoms with Crippen LogP contribution in [0.5, 0.6) is 0 Å². The van der Waals surface area contributed by atoms with Gasteiger partial charge in [0.05, 0.1) is 32.2 Å². The van der Waals surface area contributed by atoms with Crippen molar-refractivity contribution in [2.24, 2.45) is 0 Å². The highest BCUT2D eigenvalue weighted by Gasteiger charge is 2.31. The van der Waals surface area contributed by atoms with Crippen molar-refractivity contribution in [1.82, 2.24) is 5.32 Å². The SMILES string of the molecule is CCCCCCCC(=O)SCC/C=C/[C@@H](O)CC(=O)OCC[Si](C)(C)C.CCCCCCCC(=O)SCC/C=C/[C@H](CC(=O)OCC[Si](C)(C)C)OC(=O)[C@H](CCSC)NC(=O)OCC1c2ccccc2-c2ccccc21. The largest absolute Gasteiger partial charge is 0.466 e. The molecule has 0 unspecified atom stereocenters. The number of fused-ring (bicyclic) bond motifs is 3. The first-order valence-corrected chi connectivity index (χ1v) is 39.0. The Kier molecular flexibility index (Phi) is 36.6. The Balaban J connectivity index is 0.000000657. The fourth-order valence-corrected chi connectivity index (χ4v) is 11.4. The average Bonchev–Trinajstić information content (AvgIpc) is 3.69. The Hall–Kier alpha value is -3.62. The molecule has 0 fully saturated rings. The number of hydrogen-bond donors (Lipinski definition) is 2. The van der Waals surface area contributed by atoms with Crippen molar-refractivity contribution in [3.8, 4) is 11.1 Å². The number of alkyl carbamates (subject to hydrolysis) is 1. The number of benzene rings is 2. The number of aliphatic hydroxyl groups excluding tert-OH is 1. The summed E-state index contributed by atoms with van der Waals surface area (Å²) in [5, 5.41) is 13.0. The van der Waals surface area contributed by atoms with Crippen molar-refractivity contribution < 1.29 is 52.8 Å². The van der Waals surface area contributed by atoms with Gasteiger partial charge in [-0.3, -0.25) is 19.2 Å². The van der Waals surface area contributed by atoms with Crippen LogP contribution in [0, 0.1) is 0 Å². The molecule has 0 saturated heterocycles. The van der Waals surface area contributed by atoms with E-state index in [0.717, 1.165) is 72.2 Å². The van der Waals surface area contributed by atoms with Crippen molar-refractivity contribution in [2.45, 2.75) is 199 Å². The molecule has 1 aliphatic carbocycles. The standard InChI is InChI=1S/C40H57NO7S2Si.C20H38O4SSi/c1-6-7-8-9-10-22-38(43)50-25-16-15-17-30(28-37(42)46-24-27-51(3,4)5)48-39(44)36(23-26-49-2)41-40(45)47-29-35-33-20-13-11-18-31(33)32-19-12-14-21-34(32)35;1-5-6-7-8-9-13-20(23)25-15-11-10-12-18(21)17-19(22)24-14-16-26(2,3)4/h11-15,17-21,30,35-36H,6-10,16,22-29H2,1-5H3,(H,41,45);10,12,18,21H,5-9,11,13-17H2,1-4H3/b17-15+;12-10+/t30-,36+;18-/m11/s1. The van der Waals surface area contributed by atoms with E-state index in [9.17, 15) is 33.9 Å². The van der Waals surface area contributed by atoms with E-state index < -0.39 is 52.4 Å². The quantitative estimate of drug-likeness (QED) is 0.0214. The summed E-state index contributed by atoms with van der Waals surface area (Å²) < 4.78 is 22.2. The Morgan fingerprint density at radius 3 is 1.61 bits per heavy atom. The molecular formula is C60H95NO11S3Si2. The number of allylic oxidation sites excluding steroid dienone is 2. The highest BCUT2D eigenvalue weighted by molar-refractivity contribution is 8.13. The molecule has 0 spiro atoms. The van der Waals surface area contributed by atoms with E-state index >= 15 is 0 Å². The van der Waals surface area contributed by atoms with E-state index in [1.165, 1.54) is 55.6 Å². The molecule has 0 saturated carbocycles. The summed E-state index contributed by atoms with van der Waals surface area (Å²) in [6.45, 7) is 18.6. The molecule has 2 aromatic rings. The molecule has 2 N–H and O–H groups in total. The number of esters is 3. The van der Waals surface area contributed by atoms with E-state index in [2.05, 4.69) is 82.7 Å². The van der Waals surface area contributed by atoms with Crippen LogP contribution < -0.4 is 5.32 Å². The summed E-state index contributed by atoms with van der Waals surface area (Å²) in [6, 6.07) is 17.0. The lowest BCUT2D eigenvalue weighted by Gasteiger charge is -2.21. The number of unbranched alkanes of at least 4 members (excludes halogenated alkanes) is 8. The highest BCUT2D eigenvalue weighted by atomic mass is 32.2. The molecule has 77 heavy (non-hydrogen) atoms. The summed E-state index contributed by atoms with van der Waals surface area (Å²) in [7, 11) is -2.60. The van der Waals surface area contributed by atoms with Crippen LogP contribution in [-0.2, 0) is 42.9 Å². The van der Waals surface area contributed by atoms with Gasteiger partial charge in [0.2, 0.25) is 0 Å². The Morgan fingerprint density at radius 2 is 1.12 bits per heavy atom. The molecule has 3 rings (SSSR count). The minimum absolute atomic E-state index is 0.00790. The van der Waals surface area contributed by atoms with Crippen LogP contribution in [0.4, 0.5) is 4.79 Å². The van der Waals surface area contributed by atoms with E-state index in [1.54, 1.807) is 23.9 Å². The van der Waals surface area contributed by atoms with Crippen molar-refractivity contribution >= 4 is 85.7 Å². The number of rotatable bonds is 38. The second-order valence-electron chi connectivity index (χ2n) is 22.0. The van der Waals surface area contributed by atoms with E-state index in [-0.39, 0.29) is 41.6 Å². The maximum Gasteiger partial charge on any atom is 0.407 e. The van der Waals surface area contributed by atoms with Gasteiger partial charge in [-0.1, -0.05) is 195 Å². The molecule has 12 nitrogen and oxygen atoms in total. The average molecular weight is 1160 g/mol. The van der Waals surface area contributed by atoms with Crippen LogP contribution in [0.15, 0.2) is 72.8 Å². The monoisotopic (exact) mass is 1160 g/mol. The van der Waals surface area contributed by atoms with Gasteiger partial charge in [0, 0.05) is 46.4 Å². The maximum atomic E-state index is 13.5. The molecule has 432 valence electrons. The Labute approximate surface area is 478 Å². The van der Waals surface area contributed by atoms with Gasteiger partial charge in [-0.15, -0.1) is 0 Å². The smallest absolute Gasteiger partial charge is 0.407 e. The zero-order valence-electron chi connectivity index (χ0n) is 48.2. The lowest BCUT2D eigenvalue weighted by atomic mass is 9.98. The molecule has 0 bridgehead atoms. The number of carbonyl (C=O) groups excluding carboxylic acids is 6. The fourth-order valence-electron chi connectivity index (χ4n) is 7.98. The predicted molar refractivity (Wildman–Crippen MR) is 328 cm³/mol. The van der Waals surface area contributed by atoms with Gasteiger partial charge in [-0.05, 0) is 84.5 Å². The minimum Gasteiger partial charge on any atom is -0.466 e. The van der Waals surface area contributed by atoms with Gasteiger partial charge in [0.15, 0.2) is 10.2 Å². The van der Waals surface area contributed by atoms with Crippen molar-refractivity contribution in [3.05, 3.63) is 84.0 Å². The van der Waals surface area contributed by atoms with Gasteiger partial charge < -0.3 is 29.4 Å². The normalized spacial score (nSPS) is 13.5. The zero-order valence-corrected chi connectivity index (χ0v) is 52.6. The van der Waals surface area contributed by atoms with Gasteiger partial charge >= 0.3 is 24.0 Å². The maximum absolute atomic E-state index is 13.5. The minimum atomic E-state index is -1.40. The highest BCUT2D eigenvalue weighted by Crippen LogP contribution is 2.44. The Bertz CT molecular complexity index is 2060. The number of ether oxygens (including phenoxy) is 4. The van der Waals surface area contributed by atoms with E-state index in [0.29, 0.717) is 56.8 Å². The summed E-state index contributed by atoms with van der Waals surface area (Å²) in [6.07, 6.45) is 20.6. The first kappa shape index (κ1) is 69.5. The lowest BCUT2D eigenvalue weighted by molar-refractivity contribution is -0.154. The van der Waals surface area contributed by atoms with Crippen LogP contribution in [0.1, 0.15) is 140 Å². The van der Waals surface area contributed by atoms with Gasteiger partial charge in [0.1, 0.15) is 18.8 Å². The summed E-state index contributed by atoms with van der Waals surface area (Å²) in [4.78, 5) is 75.1. The van der Waals surface area contributed by atoms with Crippen LogP contribution in [0.25, 0.3) is 11.1 Å². The van der Waals surface area contributed by atoms with Crippen LogP contribution >= 0.6 is 35.3 Å². The zero-order chi connectivity index (χ0) is 56.9. The summed E-state index contributed by atoms with van der Waals surface area (Å²) >= 11 is 4.22. The van der Waals surface area contributed by atoms with Crippen molar-refractivity contribution in [1.29, 1.82) is 0 Å². The second kappa shape index (κ2) is 40.5. The number of aliphatic hydroxyl groups is 1. The van der Waals surface area contributed by atoms with Gasteiger partial charge in [-0.25, -0.2) is 9.59 Å². The molecule has 0 radical (unpaired) electrons. The van der Waals surface area contributed by atoms with Crippen LogP contribution in [0.2, 0.25) is 51.4 Å². The lowest BCUT2D eigenvalue weighted by Crippen LogP contribution is -2.44. The number of amides is 1. The first-order valence-electron chi connectivity index (χ1n) is 28.2. The topological polar surface area (TPSA) is 172 Å². The predicted octanol–water partition coefficient (Wildman–Crippen LogP) is 14.6. The first-order chi connectivity index (χ1) is 36.8. The number of nitrogens with one attached hydrogen (secondary N) is 1. The fraction of sp³-hybridized carbons (Fsp3) is 0.633. The van der Waals surface area contributed by atoms with Crippen molar-refractivity contribution in [2.75, 3.05) is 43.3 Å². The van der Waals surface area contributed by atoms with Crippen LogP contribution in [-0.4, -0.2) is 117 Å². The molecule has 0 aliphatic heterocycles. The van der Waals surface area contributed by atoms with Gasteiger partial charge in [-0.2, -0.15) is 11.8 Å². The van der Waals surface area contributed by atoms with Gasteiger partial charge in [0.25, 0.3) is 0 Å². The van der Waals surface area contributed by atoms with Crippen LogP contribution in [0.3, 0.4) is 0 Å². The molecule has 3 atom stereocenters. The molecule has 17 heteroatoms. The number of hydrogen-bond acceptors (Lipinski definition) is 14.